The minimum absolute atomic E-state index is 0.647. The molecule has 2 aromatic rings. The highest BCUT2D eigenvalue weighted by Gasteiger charge is 1.96. The Hall–Kier alpha value is -1.32. The van der Waals surface area contributed by atoms with E-state index in [1.165, 1.54) is 11.1 Å². The molecule has 94 valence electrons. The highest BCUT2D eigenvalue weighted by atomic mass is 79.9. The number of hydrogen-bond donors (Lipinski definition) is 1. The molecule has 0 saturated carbocycles. The molecule has 0 radical (unpaired) electrons. The second-order valence-corrected chi connectivity index (χ2v) is 5.09. The first kappa shape index (κ1) is 13.1. The molecule has 0 fully saturated rings. The third-order valence-corrected chi connectivity index (χ3v) is 3.17. The number of halogens is 1. The predicted molar refractivity (Wildman–Crippen MR) is 78.4 cm³/mol. The van der Waals surface area contributed by atoms with Gasteiger partial charge in [-0.2, -0.15) is 0 Å². The number of ether oxygens (including phenoxy) is 1. The Bertz CT molecular complexity index is 496. The van der Waals surface area contributed by atoms with Crippen molar-refractivity contribution in [1.82, 2.24) is 0 Å². The topological polar surface area (TPSA) is 35.2 Å². The van der Waals surface area contributed by atoms with Gasteiger partial charge in [0, 0.05) is 10.2 Å². The lowest BCUT2D eigenvalue weighted by atomic mass is 10.1. The molecule has 0 saturated heterocycles. The van der Waals surface area contributed by atoms with Crippen LogP contribution >= 0.6 is 15.9 Å². The van der Waals surface area contributed by atoms with Crippen molar-refractivity contribution in [2.45, 2.75) is 13.0 Å². The van der Waals surface area contributed by atoms with Gasteiger partial charge in [0.2, 0.25) is 0 Å². The van der Waals surface area contributed by atoms with E-state index in [1.807, 2.05) is 36.4 Å². The van der Waals surface area contributed by atoms with Crippen LogP contribution in [0.1, 0.15) is 11.1 Å². The maximum atomic E-state index is 5.66. The summed E-state index contributed by atoms with van der Waals surface area (Å²) in [5, 5.41) is 0. The highest BCUT2D eigenvalue weighted by Crippen LogP contribution is 2.12. The van der Waals surface area contributed by atoms with Gasteiger partial charge >= 0.3 is 0 Å². The lowest BCUT2D eigenvalue weighted by Gasteiger charge is -2.05. The Balaban J connectivity index is 1.74. The minimum atomic E-state index is 0.647. The Morgan fingerprint density at radius 2 is 1.78 bits per heavy atom. The smallest absolute Gasteiger partial charge is 0.0717 e. The van der Waals surface area contributed by atoms with Crippen LogP contribution in [-0.4, -0.2) is 6.61 Å². The molecule has 0 heterocycles. The molecule has 2 nitrogen and oxygen atoms in total. The summed E-state index contributed by atoms with van der Waals surface area (Å²) < 4.78 is 6.74. The molecule has 2 rings (SSSR count). The van der Waals surface area contributed by atoms with Gasteiger partial charge in [0.25, 0.3) is 0 Å². The molecule has 2 N–H and O–H groups in total. The Kier molecular flexibility index (Phi) is 4.79. The third kappa shape index (κ3) is 4.17. The van der Waals surface area contributed by atoms with Crippen molar-refractivity contribution in [1.29, 1.82) is 0 Å². The molecule has 0 spiro atoms. The van der Waals surface area contributed by atoms with Crippen molar-refractivity contribution in [3.05, 3.63) is 64.1 Å². The van der Waals surface area contributed by atoms with Crippen LogP contribution in [0.2, 0.25) is 0 Å². The molecule has 0 bridgehead atoms. The fourth-order valence-corrected chi connectivity index (χ4v) is 2.14. The Labute approximate surface area is 116 Å². The summed E-state index contributed by atoms with van der Waals surface area (Å²) in [5.74, 6) is 0. The van der Waals surface area contributed by atoms with Crippen LogP contribution in [0.25, 0.3) is 0 Å². The van der Waals surface area contributed by atoms with Gasteiger partial charge in [-0.25, -0.2) is 0 Å². The summed E-state index contributed by atoms with van der Waals surface area (Å²) in [4.78, 5) is 0. The zero-order valence-electron chi connectivity index (χ0n) is 10.1. The van der Waals surface area contributed by atoms with Crippen LogP contribution in [0, 0.1) is 0 Å². The second-order valence-electron chi connectivity index (χ2n) is 4.17. The van der Waals surface area contributed by atoms with Crippen LogP contribution in [-0.2, 0) is 17.8 Å². The summed E-state index contributed by atoms with van der Waals surface area (Å²) in [7, 11) is 0. The summed E-state index contributed by atoms with van der Waals surface area (Å²) >= 11 is 3.45. The van der Waals surface area contributed by atoms with E-state index in [1.54, 1.807) is 0 Å². The van der Waals surface area contributed by atoms with Crippen molar-refractivity contribution in [2.24, 2.45) is 0 Å². The van der Waals surface area contributed by atoms with Gasteiger partial charge in [0.1, 0.15) is 0 Å². The highest BCUT2D eigenvalue weighted by molar-refractivity contribution is 9.10. The number of anilines is 1. The zero-order chi connectivity index (χ0) is 12.8. The molecule has 0 aliphatic rings. The fraction of sp³-hybridized carbons (Fsp3) is 0.200. The van der Waals surface area contributed by atoms with Gasteiger partial charge in [0.15, 0.2) is 0 Å². The fourth-order valence-electron chi connectivity index (χ4n) is 1.69. The number of rotatable bonds is 5. The van der Waals surface area contributed by atoms with Gasteiger partial charge in [0.05, 0.1) is 13.2 Å². The van der Waals surface area contributed by atoms with Crippen molar-refractivity contribution >= 4 is 21.6 Å². The first-order valence-corrected chi connectivity index (χ1v) is 6.70. The summed E-state index contributed by atoms with van der Waals surface area (Å²) in [6.07, 6.45) is 0.911. The van der Waals surface area contributed by atoms with Crippen molar-refractivity contribution in [3.8, 4) is 0 Å². The van der Waals surface area contributed by atoms with E-state index in [4.69, 9.17) is 10.5 Å². The first-order valence-electron chi connectivity index (χ1n) is 5.90. The standard InChI is InChI=1S/C15H16BrNO/c16-14-3-1-2-13(10-14)11-18-9-8-12-4-6-15(17)7-5-12/h1-7,10H,8-9,11,17H2. The summed E-state index contributed by atoms with van der Waals surface area (Å²) in [6, 6.07) is 16.1. The normalized spacial score (nSPS) is 10.5. The number of benzene rings is 2. The van der Waals surface area contributed by atoms with E-state index in [0.717, 1.165) is 23.2 Å². The van der Waals surface area contributed by atoms with E-state index >= 15 is 0 Å². The molecule has 3 heteroatoms. The van der Waals surface area contributed by atoms with Crippen molar-refractivity contribution in [2.75, 3.05) is 12.3 Å². The summed E-state index contributed by atoms with van der Waals surface area (Å²) in [6.45, 7) is 1.37. The third-order valence-electron chi connectivity index (χ3n) is 2.67. The van der Waals surface area contributed by atoms with Crippen LogP contribution in [0.15, 0.2) is 53.0 Å². The van der Waals surface area contributed by atoms with Gasteiger partial charge in [-0.1, -0.05) is 40.2 Å². The lowest BCUT2D eigenvalue weighted by molar-refractivity contribution is 0.124. The lowest BCUT2D eigenvalue weighted by Crippen LogP contribution is -1.99. The molecule has 0 aromatic heterocycles. The van der Waals surface area contributed by atoms with E-state index in [0.29, 0.717) is 6.61 Å². The van der Waals surface area contributed by atoms with Crippen LogP contribution < -0.4 is 5.73 Å². The number of nitrogens with two attached hydrogens (primary N) is 1. The van der Waals surface area contributed by atoms with Crippen LogP contribution in [0.5, 0.6) is 0 Å². The molecule has 18 heavy (non-hydrogen) atoms. The second kappa shape index (κ2) is 6.57. The number of nitrogen functional groups attached to an aromatic ring is 1. The molecule has 0 atom stereocenters. The van der Waals surface area contributed by atoms with Crippen molar-refractivity contribution < 1.29 is 4.74 Å². The molecular formula is C15H16BrNO. The average molecular weight is 306 g/mol. The van der Waals surface area contributed by atoms with E-state index < -0.39 is 0 Å². The molecule has 0 aliphatic carbocycles. The average Bonchev–Trinajstić information content (AvgIpc) is 2.37. The Morgan fingerprint density at radius 3 is 2.50 bits per heavy atom. The molecule has 0 unspecified atom stereocenters. The maximum Gasteiger partial charge on any atom is 0.0717 e. The predicted octanol–water partition coefficient (Wildman–Crippen LogP) is 3.79. The van der Waals surface area contributed by atoms with Gasteiger partial charge in [-0.05, 0) is 41.8 Å². The number of hydrogen-bond acceptors (Lipinski definition) is 2. The molecule has 0 amide bonds. The van der Waals surface area contributed by atoms with Crippen LogP contribution in [0.4, 0.5) is 5.69 Å². The zero-order valence-corrected chi connectivity index (χ0v) is 11.7. The molecular weight excluding hydrogens is 290 g/mol. The van der Waals surface area contributed by atoms with Gasteiger partial charge in [-0.3, -0.25) is 0 Å². The van der Waals surface area contributed by atoms with E-state index in [-0.39, 0.29) is 0 Å². The molecule has 2 aromatic carbocycles. The summed E-state index contributed by atoms with van der Waals surface area (Å²) in [5.41, 5.74) is 8.87. The Morgan fingerprint density at radius 1 is 1.00 bits per heavy atom. The minimum Gasteiger partial charge on any atom is -0.399 e. The van der Waals surface area contributed by atoms with Crippen molar-refractivity contribution in [3.63, 3.8) is 0 Å². The van der Waals surface area contributed by atoms with E-state index in [2.05, 4.69) is 28.1 Å². The monoisotopic (exact) mass is 305 g/mol. The quantitative estimate of drug-likeness (QED) is 0.674. The largest absolute Gasteiger partial charge is 0.399 e. The first-order chi connectivity index (χ1) is 8.74. The molecule has 0 aliphatic heterocycles. The SMILES string of the molecule is Nc1ccc(CCOCc2cccc(Br)c2)cc1. The van der Waals surface area contributed by atoms with Crippen LogP contribution in [0.3, 0.4) is 0 Å². The maximum absolute atomic E-state index is 5.66. The van der Waals surface area contributed by atoms with Gasteiger partial charge < -0.3 is 10.5 Å². The van der Waals surface area contributed by atoms with E-state index in [9.17, 15) is 0 Å². The van der Waals surface area contributed by atoms with Gasteiger partial charge in [-0.15, -0.1) is 0 Å².